The number of carbonyl (C=O) groups is 2. The van der Waals surface area contributed by atoms with E-state index in [1.54, 1.807) is 23.1 Å². The Morgan fingerprint density at radius 1 is 1.12 bits per heavy atom. The molecule has 1 amide bonds. The highest BCUT2D eigenvalue weighted by Crippen LogP contribution is 2.27. The number of amides is 1. The van der Waals surface area contributed by atoms with Gasteiger partial charge in [-0.25, -0.2) is 0 Å². The predicted octanol–water partition coefficient (Wildman–Crippen LogP) is 3.67. The average molecular weight is 364 g/mol. The number of anilines is 1. The zero-order chi connectivity index (χ0) is 17.1. The molecule has 0 spiro atoms. The molecule has 0 aliphatic carbocycles. The van der Waals surface area contributed by atoms with Crippen molar-refractivity contribution in [1.29, 1.82) is 0 Å². The molecule has 6 heteroatoms. The van der Waals surface area contributed by atoms with Gasteiger partial charge < -0.3 is 9.64 Å². The predicted molar refractivity (Wildman–Crippen MR) is 93.6 cm³/mol. The maximum atomic E-state index is 12.3. The Labute approximate surface area is 149 Å². The molecule has 0 unspecified atom stereocenters. The van der Waals surface area contributed by atoms with Crippen LogP contribution in [0.5, 0.6) is 0 Å². The van der Waals surface area contributed by atoms with Gasteiger partial charge in [-0.05, 0) is 35.7 Å². The minimum Gasteiger partial charge on any atom is -0.455 e. The summed E-state index contributed by atoms with van der Waals surface area (Å²) in [7, 11) is 0. The normalized spacial score (nSPS) is 12.8. The number of esters is 1. The fraction of sp³-hybridized carbons (Fsp3) is 0.222. The summed E-state index contributed by atoms with van der Waals surface area (Å²) in [6, 6.07) is 12.6. The minimum atomic E-state index is -0.500. The molecule has 2 aromatic rings. The van der Waals surface area contributed by atoms with Gasteiger partial charge in [0.05, 0.1) is 6.42 Å². The second kappa shape index (κ2) is 7.24. The third kappa shape index (κ3) is 3.71. The van der Waals surface area contributed by atoms with Crippen LogP contribution in [0, 0.1) is 0 Å². The Hall–Kier alpha value is -2.04. The molecular weight excluding hydrogens is 349 g/mol. The third-order valence-corrected chi connectivity index (χ3v) is 4.48. The van der Waals surface area contributed by atoms with Crippen molar-refractivity contribution in [2.45, 2.75) is 12.8 Å². The second-order valence-electron chi connectivity index (χ2n) is 5.50. The Bertz CT molecular complexity index is 792. The van der Waals surface area contributed by atoms with E-state index in [9.17, 15) is 9.59 Å². The summed E-state index contributed by atoms with van der Waals surface area (Å²) >= 11 is 11.8. The van der Waals surface area contributed by atoms with E-state index in [0.717, 1.165) is 17.7 Å². The second-order valence-corrected chi connectivity index (χ2v) is 6.34. The van der Waals surface area contributed by atoms with E-state index in [4.69, 9.17) is 27.9 Å². The van der Waals surface area contributed by atoms with Gasteiger partial charge in [0.15, 0.2) is 6.61 Å². The molecular formula is C18H15Cl2NO3. The lowest BCUT2D eigenvalue weighted by atomic mass is 10.1. The van der Waals surface area contributed by atoms with E-state index in [-0.39, 0.29) is 18.9 Å². The van der Waals surface area contributed by atoms with Crippen LogP contribution >= 0.6 is 23.2 Å². The Kier molecular flexibility index (Phi) is 5.07. The Morgan fingerprint density at radius 3 is 2.71 bits per heavy atom. The first-order chi connectivity index (χ1) is 11.5. The number of hydrogen-bond donors (Lipinski definition) is 0. The molecule has 2 aromatic carbocycles. The van der Waals surface area contributed by atoms with Crippen LogP contribution in [-0.4, -0.2) is 25.0 Å². The fourth-order valence-corrected chi connectivity index (χ4v) is 3.16. The van der Waals surface area contributed by atoms with Gasteiger partial charge in [-0.2, -0.15) is 0 Å². The largest absolute Gasteiger partial charge is 0.455 e. The van der Waals surface area contributed by atoms with Crippen LogP contribution in [-0.2, 0) is 27.2 Å². The summed E-state index contributed by atoms with van der Waals surface area (Å²) in [6.45, 7) is 0.330. The first kappa shape index (κ1) is 16.8. The minimum absolute atomic E-state index is 0.000130. The zero-order valence-electron chi connectivity index (χ0n) is 12.8. The summed E-state index contributed by atoms with van der Waals surface area (Å²) in [5, 5.41) is 0.902. The fourth-order valence-electron chi connectivity index (χ4n) is 2.69. The quantitative estimate of drug-likeness (QED) is 0.778. The molecule has 0 aromatic heterocycles. The van der Waals surface area contributed by atoms with Gasteiger partial charge in [0, 0.05) is 22.3 Å². The van der Waals surface area contributed by atoms with E-state index < -0.39 is 5.97 Å². The average Bonchev–Trinajstić information content (AvgIpc) is 2.99. The molecule has 0 saturated heterocycles. The van der Waals surface area contributed by atoms with Crippen LogP contribution < -0.4 is 4.90 Å². The lowest BCUT2D eigenvalue weighted by molar-refractivity contribution is -0.147. The number of fused-ring (bicyclic) bond motifs is 1. The molecule has 0 atom stereocenters. The van der Waals surface area contributed by atoms with Gasteiger partial charge in [0.25, 0.3) is 5.91 Å². The van der Waals surface area contributed by atoms with Crippen LogP contribution in [0.15, 0.2) is 42.5 Å². The van der Waals surface area contributed by atoms with Crippen molar-refractivity contribution >= 4 is 40.8 Å². The van der Waals surface area contributed by atoms with Gasteiger partial charge >= 0.3 is 5.97 Å². The molecule has 24 heavy (non-hydrogen) atoms. The van der Waals surface area contributed by atoms with Gasteiger partial charge in [0.1, 0.15) is 0 Å². The van der Waals surface area contributed by atoms with Gasteiger partial charge in [-0.3, -0.25) is 9.59 Å². The van der Waals surface area contributed by atoms with Crippen molar-refractivity contribution < 1.29 is 14.3 Å². The van der Waals surface area contributed by atoms with Crippen LogP contribution in [0.2, 0.25) is 10.0 Å². The van der Waals surface area contributed by atoms with Crippen LogP contribution in [0.25, 0.3) is 0 Å². The molecule has 1 aliphatic heterocycles. The SMILES string of the molecule is O=C(Cc1ccc(Cl)cc1Cl)OCC(=O)N1CCc2ccccc21. The summed E-state index contributed by atoms with van der Waals surface area (Å²) in [4.78, 5) is 25.9. The van der Waals surface area contributed by atoms with E-state index in [2.05, 4.69) is 0 Å². The Balaban J connectivity index is 1.56. The standard InChI is InChI=1S/C18H15Cl2NO3/c19-14-6-5-13(15(20)10-14)9-18(23)24-11-17(22)21-8-7-12-3-1-2-4-16(12)21/h1-6,10H,7-9,11H2. The van der Waals surface area contributed by atoms with Crippen molar-refractivity contribution in [3.05, 3.63) is 63.6 Å². The number of rotatable bonds is 4. The molecule has 3 rings (SSSR count). The lowest BCUT2D eigenvalue weighted by Crippen LogP contribution is -2.33. The lowest BCUT2D eigenvalue weighted by Gasteiger charge is -2.17. The number of ether oxygens (including phenoxy) is 1. The van der Waals surface area contributed by atoms with Crippen molar-refractivity contribution in [3.63, 3.8) is 0 Å². The number of hydrogen-bond acceptors (Lipinski definition) is 3. The number of nitrogens with zero attached hydrogens (tertiary/aromatic N) is 1. The first-order valence-electron chi connectivity index (χ1n) is 7.52. The topological polar surface area (TPSA) is 46.6 Å². The molecule has 0 saturated carbocycles. The molecule has 124 valence electrons. The molecule has 0 radical (unpaired) electrons. The summed E-state index contributed by atoms with van der Waals surface area (Å²) < 4.78 is 5.10. The Morgan fingerprint density at radius 2 is 1.92 bits per heavy atom. The van der Waals surface area contributed by atoms with Gasteiger partial charge in [0.2, 0.25) is 0 Å². The molecule has 4 nitrogen and oxygen atoms in total. The smallest absolute Gasteiger partial charge is 0.310 e. The monoisotopic (exact) mass is 363 g/mol. The molecule has 1 aliphatic rings. The van der Waals surface area contributed by atoms with Crippen LogP contribution in [0.3, 0.4) is 0 Å². The van der Waals surface area contributed by atoms with Gasteiger partial charge in [-0.1, -0.05) is 47.5 Å². The van der Waals surface area contributed by atoms with Crippen LogP contribution in [0.4, 0.5) is 5.69 Å². The molecule has 0 N–H and O–H groups in total. The first-order valence-corrected chi connectivity index (χ1v) is 8.28. The summed E-state index contributed by atoms with van der Waals surface area (Å²) in [5.41, 5.74) is 2.63. The maximum absolute atomic E-state index is 12.3. The van der Waals surface area contributed by atoms with Crippen LogP contribution in [0.1, 0.15) is 11.1 Å². The van der Waals surface area contributed by atoms with Crippen molar-refractivity contribution in [3.8, 4) is 0 Å². The van der Waals surface area contributed by atoms with E-state index in [0.29, 0.717) is 22.2 Å². The highest BCUT2D eigenvalue weighted by atomic mass is 35.5. The van der Waals surface area contributed by atoms with E-state index >= 15 is 0 Å². The number of para-hydroxylation sites is 1. The van der Waals surface area contributed by atoms with Crippen molar-refractivity contribution in [2.24, 2.45) is 0 Å². The number of benzene rings is 2. The number of halogens is 2. The third-order valence-electron chi connectivity index (χ3n) is 3.89. The summed E-state index contributed by atoms with van der Waals surface area (Å²) in [5.74, 6) is -0.726. The highest BCUT2D eigenvalue weighted by molar-refractivity contribution is 6.35. The molecule has 0 fully saturated rings. The van der Waals surface area contributed by atoms with E-state index in [1.807, 2.05) is 24.3 Å². The van der Waals surface area contributed by atoms with Gasteiger partial charge in [-0.15, -0.1) is 0 Å². The van der Waals surface area contributed by atoms with E-state index in [1.165, 1.54) is 0 Å². The highest BCUT2D eigenvalue weighted by Gasteiger charge is 2.24. The molecule has 0 bridgehead atoms. The zero-order valence-corrected chi connectivity index (χ0v) is 14.3. The van der Waals surface area contributed by atoms with Crippen molar-refractivity contribution in [2.75, 3.05) is 18.1 Å². The number of carbonyl (C=O) groups excluding carboxylic acids is 2. The van der Waals surface area contributed by atoms with Crippen molar-refractivity contribution in [1.82, 2.24) is 0 Å². The molecule has 1 heterocycles. The summed E-state index contributed by atoms with van der Waals surface area (Å²) in [6.07, 6.45) is 0.816. The maximum Gasteiger partial charge on any atom is 0.310 e.